The Morgan fingerprint density at radius 1 is 1.24 bits per heavy atom. The van der Waals surface area contributed by atoms with E-state index in [1.807, 2.05) is 0 Å². The molecule has 0 bridgehead atoms. The zero-order valence-corrected chi connectivity index (χ0v) is 11.9. The SMILES string of the molecule is Cc1ccc(CS(=O)(=O)c2cccc[n+]2[O-])cc1[N+](=O)[O-]. The highest BCUT2D eigenvalue weighted by atomic mass is 32.2. The minimum atomic E-state index is -3.87. The maximum absolute atomic E-state index is 12.2. The molecule has 110 valence electrons. The van der Waals surface area contributed by atoms with E-state index in [2.05, 4.69) is 0 Å². The van der Waals surface area contributed by atoms with Gasteiger partial charge >= 0.3 is 5.03 Å². The van der Waals surface area contributed by atoms with Crippen molar-refractivity contribution in [1.29, 1.82) is 0 Å². The Morgan fingerprint density at radius 2 is 1.95 bits per heavy atom. The number of hydrogen-bond acceptors (Lipinski definition) is 5. The van der Waals surface area contributed by atoms with Gasteiger partial charge in [-0.25, -0.2) is 8.42 Å². The van der Waals surface area contributed by atoms with Gasteiger partial charge in [0.2, 0.25) is 9.84 Å². The second kappa shape index (κ2) is 5.49. The number of nitro groups is 1. The van der Waals surface area contributed by atoms with E-state index < -0.39 is 20.5 Å². The Labute approximate surface area is 121 Å². The Kier molecular flexibility index (Phi) is 3.90. The summed E-state index contributed by atoms with van der Waals surface area (Å²) in [6, 6.07) is 8.26. The quantitative estimate of drug-likeness (QED) is 0.368. The first-order valence-corrected chi connectivity index (χ1v) is 7.61. The zero-order valence-electron chi connectivity index (χ0n) is 11.1. The van der Waals surface area contributed by atoms with Crippen LogP contribution in [0.2, 0.25) is 0 Å². The third-order valence-corrected chi connectivity index (χ3v) is 4.60. The molecule has 1 heterocycles. The molecule has 0 N–H and O–H groups in total. The predicted molar refractivity (Wildman–Crippen MR) is 74.1 cm³/mol. The fourth-order valence-electron chi connectivity index (χ4n) is 1.89. The number of sulfone groups is 1. The number of nitro benzene ring substituents is 1. The number of aryl methyl sites for hydroxylation is 1. The first kappa shape index (κ1) is 14.9. The van der Waals surface area contributed by atoms with Crippen molar-refractivity contribution in [3.63, 3.8) is 0 Å². The van der Waals surface area contributed by atoms with Crippen molar-refractivity contribution >= 4 is 15.5 Å². The molecule has 0 atom stereocenters. The van der Waals surface area contributed by atoms with Crippen LogP contribution in [0.4, 0.5) is 5.69 Å². The van der Waals surface area contributed by atoms with Crippen LogP contribution < -0.4 is 4.73 Å². The highest BCUT2D eigenvalue weighted by Crippen LogP contribution is 2.22. The van der Waals surface area contributed by atoms with Gasteiger partial charge in [-0.2, -0.15) is 4.73 Å². The van der Waals surface area contributed by atoms with Crippen molar-refractivity contribution in [3.8, 4) is 0 Å². The van der Waals surface area contributed by atoms with Crippen LogP contribution in [0.3, 0.4) is 0 Å². The largest absolute Gasteiger partial charge is 0.618 e. The molecule has 0 aliphatic rings. The molecule has 1 aromatic carbocycles. The van der Waals surface area contributed by atoms with Gasteiger partial charge in [0.05, 0.1) is 10.7 Å². The molecule has 8 heteroatoms. The summed E-state index contributed by atoms with van der Waals surface area (Å²) in [7, 11) is -3.87. The minimum Gasteiger partial charge on any atom is -0.618 e. The number of rotatable bonds is 4. The van der Waals surface area contributed by atoms with Crippen molar-refractivity contribution in [2.24, 2.45) is 0 Å². The first-order valence-electron chi connectivity index (χ1n) is 5.96. The van der Waals surface area contributed by atoms with Crippen LogP contribution in [0.1, 0.15) is 11.1 Å². The summed E-state index contributed by atoms with van der Waals surface area (Å²) in [4.78, 5) is 10.3. The second-order valence-electron chi connectivity index (χ2n) is 4.50. The van der Waals surface area contributed by atoms with Crippen molar-refractivity contribution < 1.29 is 18.1 Å². The lowest BCUT2D eigenvalue weighted by atomic mass is 10.1. The molecule has 2 rings (SSSR count). The van der Waals surface area contributed by atoms with Gasteiger partial charge in [0.1, 0.15) is 0 Å². The van der Waals surface area contributed by atoms with Gasteiger partial charge in [0.15, 0.2) is 6.20 Å². The molecule has 0 radical (unpaired) electrons. The van der Waals surface area contributed by atoms with E-state index in [0.717, 1.165) is 6.20 Å². The third kappa shape index (κ3) is 3.16. The Balaban J connectivity index is 2.40. The number of aromatic nitrogens is 1. The number of hydrogen-bond donors (Lipinski definition) is 0. The van der Waals surface area contributed by atoms with Crippen LogP contribution in [0.5, 0.6) is 0 Å². The van der Waals surface area contributed by atoms with Gasteiger partial charge in [-0.15, -0.1) is 0 Å². The van der Waals surface area contributed by atoms with Gasteiger partial charge in [-0.3, -0.25) is 10.1 Å². The molecule has 0 fully saturated rings. The molecule has 0 unspecified atom stereocenters. The van der Waals surface area contributed by atoms with E-state index >= 15 is 0 Å². The summed E-state index contributed by atoms with van der Waals surface area (Å²) < 4.78 is 24.7. The minimum absolute atomic E-state index is 0.147. The van der Waals surface area contributed by atoms with Gasteiger partial charge in [-0.05, 0) is 18.6 Å². The van der Waals surface area contributed by atoms with Crippen LogP contribution >= 0.6 is 0 Å². The lowest BCUT2D eigenvalue weighted by Crippen LogP contribution is -2.33. The summed E-state index contributed by atoms with van der Waals surface area (Å²) in [6.45, 7) is 1.57. The smallest absolute Gasteiger partial charge is 0.308 e. The Morgan fingerprint density at radius 3 is 2.57 bits per heavy atom. The van der Waals surface area contributed by atoms with Crippen LogP contribution in [-0.2, 0) is 15.6 Å². The van der Waals surface area contributed by atoms with Crippen molar-refractivity contribution in [2.45, 2.75) is 17.7 Å². The van der Waals surface area contributed by atoms with Crippen LogP contribution in [0, 0.1) is 22.2 Å². The third-order valence-electron chi connectivity index (χ3n) is 2.93. The van der Waals surface area contributed by atoms with E-state index in [1.54, 1.807) is 6.92 Å². The van der Waals surface area contributed by atoms with E-state index in [-0.39, 0.29) is 21.0 Å². The maximum Gasteiger partial charge on any atom is 0.308 e. The lowest BCUT2D eigenvalue weighted by Gasteiger charge is -2.06. The van der Waals surface area contributed by atoms with Crippen LogP contribution in [0.25, 0.3) is 0 Å². The van der Waals surface area contributed by atoms with Crippen molar-refractivity contribution in [3.05, 3.63) is 69.0 Å². The van der Waals surface area contributed by atoms with E-state index in [9.17, 15) is 23.7 Å². The lowest BCUT2D eigenvalue weighted by molar-refractivity contribution is -0.646. The van der Waals surface area contributed by atoms with Gasteiger partial charge in [0, 0.05) is 23.8 Å². The van der Waals surface area contributed by atoms with Gasteiger partial charge in [0.25, 0.3) is 5.69 Å². The molecule has 2 aromatic rings. The normalized spacial score (nSPS) is 11.3. The van der Waals surface area contributed by atoms with Crippen molar-refractivity contribution in [2.75, 3.05) is 0 Å². The Hall–Kier alpha value is -2.48. The fraction of sp³-hybridized carbons (Fsp3) is 0.154. The molecule has 0 saturated carbocycles. The highest BCUT2D eigenvalue weighted by Gasteiger charge is 2.24. The standard InChI is InChI=1S/C13H12N2O5S/c1-10-5-6-11(8-12(10)15(17)18)9-21(19,20)13-4-2-3-7-14(13)16/h2-8H,9H2,1H3. The van der Waals surface area contributed by atoms with E-state index in [0.29, 0.717) is 5.56 Å². The van der Waals surface area contributed by atoms with Crippen LogP contribution in [-0.4, -0.2) is 13.3 Å². The molecule has 1 aromatic heterocycles. The number of benzene rings is 1. The molecule has 21 heavy (non-hydrogen) atoms. The van der Waals surface area contributed by atoms with E-state index in [4.69, 9.17) is 0 Å². The summed E-state index contributed by atoms with van der Waals surface area (Å²) in [5, 5.41) is 22.0. The monoisotopic (exact) mass is 308 g/mol. The number of pyridine rings is 1. The molecular weight excluding hydrogens is 296 g/mol. The average Bonchev–Trinajstić information content (AvgIpc) is 2.40. The molecule has 0 amide bonds. The van der Waals surface area contributed by atoms with E-state index in [1.165, 1.54) is 36.4 Å². The second-order valence-corrected chi connectivity index (χ2v) is 6.44. The maximum atomic E-state index is 12.2. The van der Waals surface area contributed by atoms with Gasteiger partial charge < -0.3 is 5.21 Å². The summed E-state index contributed by atoms with van der Waals surface area (Å²) >= 11 is 0. The Bertz CT molecular complexity index is 802. The average molecular weight is 308 g/mol. The zero-order chi connectivity index (χ0) is 15.6. The van der Waals surface area contributed by atoms with Crippen LogP contribution in [0.15, 0.2) is 47.6 Å². The fourth-order valence-corrected chi connectivity index (χ4v) is 3.28. The first-order chi connectivity index (χ1) is 9.81. The summed E-state index contributed by atoms with van der Waals surface area (Å²) in [5.41, 5.74) is 0.557. The molecular formula is C13H12N2O5S. The predicted octanol–water partition coefficient (Wildman–Crippen LogP) is 1.51. The molecule has 0 aliphatic carbocycles. The highest BCUT2D eigenvalue weighted by molar-refractivity contribution is 7.90. The molecule has 0 saturated heterocycles. The molecule has 0 spiro atoms. The molecule has 0 aliphatic heterocycles. The summed E-state index contributed by atoms with van der Waals surface area (Å²) in [5.74, 6) is -0.472. The number of nitrogens with zero attached hydrogens (tertiary/aromatic N) is 2. The molecule has 7 nitrogen and oxygen atoms in total. The van der Waals surface area contributed by atoms with Gasteiger partial charge in [-0.1, -0.05) is 12.1 Å². The topological polar surface area (TPSA) is 104 Å². The van der Waals surface area contributed by atoms with Crippen molar-refractivity contribution in [1.82, 2.24) is 0 Å². The summed E-state index contributed by atoms with van der Waals surface area (Å²) in [6.07, 6.45) is 1.09.